The third kappa shape index (κ3) is 6.04. The van der Waals surface area contributed by atoms with Crippen molar-refractivity contribution in [1.82, 2.24) is 9.97 Å². The van der Waals surface area contributed by atoms with E-state index in [4.69, 9.17) is 0 Å². The SMILES string of the molecule is Fc1ccc(-c2ccccn2)c(F)c1.Fc1ccc(-c2ccccn2)c(F)c1.[Ir]. The quantitative estimate of drug-likeness (QED) is 0.273. The van der Waals surface area contributed by atoms with E-state index in [0.717, 1.165) is 12.1 Å². The van der Waals surface area contributed by atoms with Crippen molar-refractivity contribution in [3.8, 4) is 22.5 Å². The minimum Gasteiger partial charge on any atom is -0.256 e. The average Bonchev–Trinajstić information content (AvgIpc) is 2.70. The van der Waals surface area contributed by atoms with Crippen LogP contribution in [0.2, 0.25) is 0 Å². The van der Waals surface area contributed by atoms with Gasteiger partial charge in [0.05, 0.1) is 11.4 Å². The van der Waals surface area contributed by atoms with Crippen molar-refractivity contribution < 1.29 is 37.7 Å². The molecule has 4 aromatic rings. The number of pyridine rings is 2. The van der Waals surface area contributed by atoms with E-state index < -0.39 is 23.3 Å². The van der Waals surface area contributed by atoms with Crippen LogP contribution in [-0.2, 0) is 20.1 Å². The van der Waals surface area contributed by atoms with Gasteiger partial charge in [0.15, 0.2) is 0 Å². The van der Waals surface area contributed by atoms with Crippen LogP contribution in [0, 0.1) is 23.3 Å². The van der Waals surface area contributed by atoms with Crippen LogP contribution in [0.4, 0.5) is 17.6 Å². The Morgan fingerprint density at radius 3 is 1.24 bits per heavy atom. The van der Waals surface area contributed by atoms with Gasteiger partial charge < -0.3 is 0 Å². The molecule has 0 bridgehead atoms. The molecule has 2 aromatic heterocycles. The van der Waals surface area contributed by atoms with Gasteiger partial charge in [0, 0.05) is 55.8 Å². The van der Waals surface area contributed by atoms with Crippen LogP contribution in [0.15, 0.2) is 85.2 Å². The maximum Gasteiger partial charge on any atom is 0.135 e. The van der Waals surface area contributed by atoms with Gasteiger partial charge in [-0.3, -0.25) is 9.97 Å². The van der Waals surface area contributed by atoms with Gasteiger partial charge in [0.25, 0.3) is 0 Å². The average molecular weight is 575 g/mol. The van der Waals surface area contributed by atoms with Crippen molar-refractivity contribution in [2.75, 3.05) is 0 Å². The Bertz CT molecular complexity index is 974. The van der Waals surface area contributed by atoms with Crippen LogP contribution in [0.25, 0.3) is 22.5 Å². The number of hydrogen-bond donors (Lipinski definition) is 0. The van der Waals surface area contributed by atoms with Crippen LogP contribution >= 0.6 is 0 Å². The maximum absolute atomic E-state index is 13.3. The summed E-state index contributed by atoms with van der Waals surface area (Å²) in [5, 5.41) is 0. The summed E-state index contributed by atoms with van der Waals surface area (Å²) in [5.74, 6) is -2.35. The maximum atomic E-state index is 13.3. The van der Waals surface area contributed by atoms with Crippen LogP contribution in [0.5, 0.6) is 0 Å². The number of nitrogens with zero attached hydrogens (tertiary/aromatic N) is 2. The molecular formula is C22H14F4IrN2. The molecule has 149 valence electrons. The standard InChI is InChI=1S/2C11H7F2N.Ir/c2*12-8-4-5-9(10(13)7-8)11-3-1-2-6-14-11;/h2*1-7H;. The summed E-state index contributed by atoms with van der Waals surface area (Å²) in [5.41, 5.74) is 1.63. The molecule has 0 aliphatic carbocycles. The summed E-state index contributed by atoms with van der Waals surface area (Å²) >= 11 is 0. The van der Waals surface area contributed by atoms with Gasteiger partial charge in [-0.1, -0.05) is 12.1 Å². The fourth-order valence-corrected chi connectivity index (χ4v) is 2.44. The topological polar surface area (TPSA) is 25.8 Å². The molecule has 2 heterocycles. The minimum absolute atomic E-state index is 0. The van der Waals surface area contributed by atoms with Gasteiger partial charge in [-0.15, -0.1) is 0 Å². The molecule has 0 N–H and O–H groups in total. The van der Waals surface area contributed by atoms with Gasteiger partial charge in [0.2, 0.25) is 0 Å². The minimum atomic E-state index is -0.594. The van der Waals surface area contributed by atoms with Crippen molar-refractivity contribution in [2.45, 2.75) is 0 Å². The molecule has 2 aromatic carbocycles. The summed E-state index contributed by atoms with van der Waals surface area (Å²) in [6.07, 6.45) is 3.14. The van der Waals surface area contributed by atoms with E-state index in [1.807, 2.05) is 0 Å². The number of benzene rings is 2. The molecule has 4 rings (SSSR count). The summed E-state index contributed by atoms with van der Waals surface area (Å²) in [4.78, 5) is 7.95. The Morgan fingerprint density at radius 2 is 0.931 bits per heavy atom. The number of rotatable bonds is 2. The third-order valence-corrected chi connectivity index (χ3v) is 3.74. The molecule has 0 saturated heterocycles. The summed E-state index contributed by atoms with van der Waals surface area (Å²) in [7, 11) is 0. The largest absolute Gasteiger partial charge is 0.256 e. The first-order valence-corrected chi connectivity index (χ1v) is 8.27. The van der Waals surface area contributed by atoms with E-state index >= 15 is 0 Å². The van der Waals surface area contributed by atoms with Crippen LogP contribution < -0.4 is 0 Å². The van der Waals surface area contributed by atoms with E-state index in [9.17, 15) is 17.6 Å². The van der Waals surface area contributed by atoms with Gasteiger partial charge in [-0.2, -0.15) is 0 Å². The molecule has 0 aliphatic rings. The van der Waals surface area contributed by atoms with E-state index in [-0.39, 0.29) is 20.1 Å². The van der Waals surface area contributed by atoms with Crippen LogP contribution in [0.3, 0.4) is 0 Å². The van der Waals surface area contributed by atoms with Crippen molar-refractivity contribution in [2.24, 2.45) is 0 Å². The summed E-state index contributed by atoms with van der Waals surface area (Å²) < 4.78 is 51.7. The van der Waals surface area contributed by atoms with Gasteiger partial charge in [-0.05, 0) is 48.5 Å². The molecular weight excluding hydrogens is 560 g/mol. The van der Waals surface area contributed by atoms with Crippen molar-refractivity contribution in [1.29, 1.82) is 0 Å². The van der Waals surface area contributed by atoms with Gasteiger partial charge >= 0.3 is 0 Å². The Morgan fingerprint density at radius 1 is 0.517 bits per heavy atom. The Balaban J connectivity index is 0.000000200. The van der Waals surface area contributed by atoms with Gasteiger partial charge in [-0.25, -0.2) is 17.6 Å². The second-order valence-corrected chi connectivity index (χ2v) is 5.68. The van der Waals surface area contributed by atoms with E-state index in [1.54, 1.807) is 48.8 Å². The van der Waals surface area contributed by atoms with Crippen molar-refractivity contribution in [3.63, 3.8) is 0 Å². The predicted molar refractivity (Wildman–Crippen MR) is 99.2 cm³/mol. The molecule has 0 aliphatic heterocycles. The van der Waals surface area contributed by atoms with Gasteiger partial charge in [0.1, 0.15) is 23.3 Å². The Hall–Kier alpha value is -2.89. The Labute approximate surface area is 178 Å². The second kappa shape index (κ2) is 10.6. The molecule has 0 fully saturated rings. The first-order chi connectivity index (χ1) is 13.5. The fraction of sp³-hybridized carbons (Fsp3) is 0. The first-order valence-electron chi connectivity index (χ1n) is 8.27. The molecule has 0 atom stereocenters. The molecule has 29 heavy (non-hydrogen) atoms. The monoisotopic (exact) mass is 575 g/mol. The zero-order chi connectivity index (χ0) is 19.9. The van der Waals surface area contributed by atoms with E-state index in [1.165, 1.54) is 24.3 Å². The first kappa shape index (κ1) is 22.4. The molecule has 0 amide bonds. The van der Waals surface area contributed by atoms with Crippen LogP contribution in [0.1, 0.15) is 0 Å². The zero-order valence-electron chi connectivity index (χ0n) is 14.8. The fourth-order valence-electron chi connectivity index (χ4n) is 2.44. The van der Waals surface area contributed by atoms with Crippen LogP contribution in [-0.4, -0.2) is 9.97 Å². The smallest absolute Gasteiger partial charge is 0.135 e. The number of halogens is 4. The molecule has 0 saturated carbocycles. The number of hydrogen-bond acceptors (Lipinski definition) is 2. The summed E-state index contributed by atoms with van der Waals surface area (Å²) in [6.45, 7) is 0. The molecule has 7 heteroatoms. The predicted octanol–water partition coefficient (Wildman–Crippen LogP) is 6.05. The summed E-state index contributed by atoms with van der Waals surface area (Å²) in [6, 6.07) is 17.2. The normalized spacial score (nSPS) is 9.79. The zero-order valence-corrected chi connectivity index (χ0v) is 17.2. The van der Waals surface area contributed by atoms with E-state index in [0.29, 0.717) is 22.5 Å². The molecule has 2 nitrogen and oxygen atoms in total. The van der Waals surface area contributed by atoms with Crippen molar-refractivity contribution in [3.05, 3.63) is 108 Å². The van der Waals surface area contributed by atoms with E-state index in [2.05, 4.69) is 9.97 Å². The second-order valence-electron chi connectivity index (χ2n) is 5.68. The number of aromatic nitrogens is 2. The molecule has 0 unspecified atom stereocenters. The molecule has 0 spiro atoms. The molecule has 1 radical (unpaired) electrons. The van der Waals surface area contributed by atoms with Crippen molar-refractivity contribution >= 4 is 0 Å². The third-order valence-electron chi connectivity index (χ3n) is 3.74. The Kier molecular flexibility index (Phi) is 8.19.